The van der Waals surface area contributed by atoms with Gasteiger partial charge in [-0.15, -0.1) is 0 Å². The summed E-state index contributed by atoms with van der Waals surface area (Å²) in [5, 5.41) is 0. The van der Waals surface area contributed by atoms with E-state index in [9.17, 15) is 19.2 Å². The molecule has 0 saturated carbocycles. The second-order valence-corrected chi connectivity index (χ2v) is 7.46. The molecular weight excluding hydrogens is 442 g/mol. The minimum absolute atomic E-state index is 0.0631. The van der Waals surface area contributed by atoms with Gasteiger partial charge in [-0.1, -0.05) is 38.1 Å². The fourth-order valence-corrected chi connectivity index (χ4v) is 2.74. The maximum atomic E-state index is 12.3. The van der Waals surface area contributed by atoms with Crippen LogP contribution in [-0.2, 0) is 30.3 Å². The molecule has 0 spiro atoms. The van der Waals surface area contributed by atoms with Crippen molar-refractivity contribution >= 4 is 23.9 Å². The lowest BCUT2D eigenvalue weighted by atomic mass is 10.1. The lowest BCUT2D eigenvalue weighted by Gasteiger charge is -2.17. The van der Waals surface area contributed by atoms with Crippen LogP contribution in [0.2, 0.25) is 0 Å². The van der Waals surface area contributed by atoms with E-state index in [0.29, 0.717) is 11.1 Å². The van der Waals surface area contributed by atoms with Crippen molar-refractivity contribution in [3.63, 3.8) is 0 Å². The van der Waals surface area contributed by atoms with Crippen molar-refractivity contribution in [1.82, 2.24) is 0 Å². The Kier molecular flexibility index (Phi) is 10.2. The summed E-state index contributed by atoms with van der Waals surface area (Å²) in [5.41, 5.74) is 6.94. The number of ether oxygens (including phenoxy) is 4. The summed E-state index contributed by atoms with van der Waals surface area (Å²) in [5.74, 6) is -2.03. The number of rotatable bonds is 11. The van der Waals surface area contributed by atoms with E-state index >= 15 is 0 Å². The van der Waals surface area contributed by atoms with Crippen LogP contribution in [0.3, 0.4) is 0 Å². The first-order valence-corrected chi connectivity index (χ1v) is 11.0. The Balaban J connectivity index is 1.95. The van der Waals surface area contributed by atoms with Crippen molar-refractivity contribution in [2.24, 2.45) is 5.73 Å². The van der Waals surface area contributed by atoms with E-state index in [0.717, 1.165) is 0 Å². The highest BCUT2D eigenvalue weighted by Crippen LogP contribution is 2.30. The molecule has 0 amide bonds. The molecule has 182 valence electrons. The van der Waals surface area contributed by atoms with Gasteiger partial charge in [0, 0.05) is 12.8 Å². The molecule has 0 aliphatic heterocycles. The molecule has 2 N–H and O–H groups in total. The van der Waals surface area contributed by atoms with Crippen LogP contribution in [0.15, 0.2) is 48.5 Å². The zero-order valence-electron chi connectivity index (χ0n) is 19.4. The number of hydrogen-bond acceptors (Lipinski definition) is 9. The second-order valence-electron chi connectivity index (χ2n) is 7.46. The minimum atomic E-state index is -1.02. The highest BCUT2D eigenvalue weighted by Gasteiger charge is 2.20. The van der Waals surface area contributed by atoms with Crippen LogP contribution in [0.1, 0.15) is 49.5 Å². The fourth-order valence-electron chi connectivity index (χ4n) is 2.74. The molecule has 0 aromatic heterocycles. The van der Waals surface area contributed by atoms with Crippen LogP contribution in [-0.4, -0.2) is 42.6 Å². The molecule has 34 heavy (non-hydrogen) atoms. The Morgan fingerprint density at radius 2 is 1.50 bits per heavy atom. The van der Waals surface area contributed by atoms with Gasteiger partial charge in [0.2, 0.25) is 0 Å². The summed E-state index contributed by atoms with van der Waals surface area (Å²) in [7, 11) is 0. The van der Waals surface area contributed by atoms with Crippen LogP contribution in [0.25, 0.3) is 0 Å². The largest absolute Gasteiger partial charge is 0.461 e. The fraction of sp³-hybridized carbons (Fsp3) is 0.360. The van der Waals surface area contributed by atoms with Crippen LogP contribution in [0, 0.1) is 0 Å². The third-order valence-corrected chi connectivity index (χ3v) is 4.57. The zero-order valence-corrected chi connectivity index (χ0v) is 19.4. The van der Waals surface area contributed by atoms with Gasteiger partial charge < -0.3 is 24.7 Å². The Labute approximate surface area is 198 Å². The second kappa shape index (κ2) is 13.1. The molecule has 9 nitrogen and oxygen atoms in total. The topological polar surface area (TPSA) is 131 Å². The maximum absolute atomic E-state index is 12.3. The zero-order chi connectivity index (χ0) is 25.1. The first-order chi connectivity index (χ1) is 16.2. The average Bonchev–Trinajstić information content (AvgIpc) is 2.84. The smallest absolute Gasteiger partial charge is 0.338 e. The van der Waals surface area contributed by atoms with E-state index in [-0.39, 0.29) is 37.4 Å². The predicted molar refractivity (Wildman–Crippen MR) is 122 cm³/mol. The van der Waals surface area contributed by atoms with Crippen LogP contribution in [0.5, 0.6) is 11.5 Å². The monoisotopic (exact) mass is 471 g/mol. The summed E-state index contributed by atoms with van der Waals surface area (Å²) in [4.78, 5) is 47.8. The first-order valence-electron chi connectivity index (χ1n) is 11.0. The summed E-state index contributed by atoms with van der Waals surface area (Å²) in [6.07, 6.45) is -0.310. The number of carbonyl (C=O) groups is 4. The van der Waals surface area contributed by atoms with Crippen molar-refractivity contribution in [1.29, 1.82) is 0 Å². The molecular formula is C25H29NO8. The van der Waals surface area contributed by atoms with Crippen LogP contribution >= 0.6 is 0 Å². The lowest BCUT2D eigenvalue weighted by Crippen LogP contribution is -2.36. The molecule has 0 fully saturated rings. The highest BCUT2D eigenvalue weighted by atomic mass is 16.6. The molecule has 0 aliphatic rings. The molecule has 0 aliphatic carbocycles. The molecule has 2 aromatic rings. The van der Waals surface area contributed by atoms with Gasteiger partial charge in [0.1, 0.15) is 18.8 Å². The highest BCUT2D eigenvalue weighted by molar-refractivity contribution is 5.89. The van der Waals surface area contributed by atoms with Crippen molar-refractivity contribution < 1.29 is 38.1 Å². The first kappa shape index (κ1) is 26.5. The van der Waals surface area contributed by atoms with Crippen molar-refractivity contribution in [2.45, 2.75) is 52.2 Å². The van der Waals surface area contributed by atoms with E-state index in [1.807, 2.05) is 0 Å². The summed E-state index contributed by atoms with van der Waals surface area (Å²) >= 11 is 0. The molecule has 0 bridgehead atoms. The van der Waals surface area contributed by atoms with Gasteiger partial charge in [-0.25, -0.2) is 4.79 Å². The number of benzene rings is 2. The Morgan fingerprint density at radius 1 is 0.882 bits per heavy atom. The number of carbonyl (C=O) groups excluding carboxylic acids is 4. The van der Waals surface area contributed by atoms with Crippen molar-refractivity contribution in [3.05, 3.63) is 59.7 Å². The molecule has 0 radical (unpaired) electrons. The molecule has 0 heterocycles. The lowest BCUT2D eigenvalue weighted by molar-refractivity contribution is -0.148. The van der Waals surface area contributed by atoms with Gasteiger partial charge >= 0.3 is 23.9 Å². The average molecular weight is 472 g/mol. The molecule has 2 rings (SSSR count). The van der Waals surface area contributed by atoms with Crippen molar-refractivity contribution in [3.8, 4) is 11.5 Å². The van der Waals surface area contributed by atoms with E-state index in [1.54, 1.807) is 57.2 Å². The standard InChI is InChI=1S/C25H29NO8/c1-4-22(27)33-20-12-11-17(14-21(20)34-23(28)5-2)13-19(26)25(30)31-15-16(3)32-24(29)18-9-7-6-8-10-18/h6-12,14,16,19H,4-5,13,15,26H2,1-3H3/t16-,19-/m0/s1. The molecule has 2 atom stereocenters. The van der Waals surface area contributed by atoms with E-state index < -0.39 is 36.0 Å². The SMILES string of the molecule is CCC(=O)Oc1ccc(C[C@H](N)C(=O)OC[C@H](C)OC(=O)c2ccccc2)cc1OC(=O)CC. The van der Waals surface area contributed by atoms with Gasteiger partial charge in [-0.3, -0.25) is 14.4 Å². The van der Waals surface area contributed by atoms with E-state index in [4.69, 9.17) is 24.7 Å². The number of nitrogens with two attached hydrogens (primary N) is 1. The van der Waals surface area contributed by atoms with Crippen molar-refractivity contribution in [2.75, 3.05) is 6.61 Å². The summed E-state index contributed by atoms with van der Waals surface area (Å²) < 4.78 is 20.9. The van der Waals surface area contributed by atoms with Crippen LogP contribution < -0.4 is 15.2 Å². The minimum Gasteiger partial charge on any atom is -0.461 e. The summed E-state index contributed by atoms with van der Waals surface area (Å²) in [6.45, 7) is 4.72. The Bertz CT molecular complexity index is 1010. The number of esters is 4. The molecule has 2 aromatic carbocycles. The van der Waals surface area contributed by atoms with Gasteiger partial charge in [-0.05, 0) is 43.2 Å². The van der Waals surface area contributed by atoms with Gasteiger partial charge in [0.15, 0.2) is 11.5 Å². The Hall–Kier alpha value is -3.72. The molecule has 0 saturated heterocycles. The third-order valence-electron chi connectivity index (χ3n) is 4.57. The number of hydrogen-bond donors (Lipinski definition) is 1. The van der Waals surface area contributed by atoms with Gasteiger partial charge in [0.05, 0.1) is 5.56 Å². The third kappa shape index (κ3) is 8.32. The normalized spacial score (nSPS) is 12.2. The Morgan fingerprint density at radius 3 is 2.12 bits per heavy atom. The predicted octanol–water partition coefficient (Wildman–Crippen LogP) is 2.98. The van der Waals surface area contributed by atoms with E-state index in [1.165, 1.54) is 12.1 Å². The molecule has 0 unspecified atom stereocenters. The molecule has 9 heteroatoms. The van der Waals surface area contributed by atoms with Gasteiger partial charge in [-0.2, -0.15) is 0 Å². The van der Waals surface area contributed by atoms with Crippen LogP contribution in [0.4, 0.5) is 0 Å². The summed E-state index contributed by atoms with van der Waals surface area (Å²) in [6, 6.07) is 12.0. The maximum Gasteiger partial charge on any atom is 0.338 e. The quantitative estimate of drug-likeness (QED) is 0.388. The van der Waals surface area contributed by atoms with E-state index in [2.05, 4.69) is 0 Å². The van der Waals surface area contributed by atoms with Gasteiger partial charge in [0.25, 0.3) is 0 Å².